The van der Waals surface area contributed by atoms with Gasteiger partial charge in [0.05, 0.1) is 5.69 Å². The summed E-state index contributed by atoms with van der Waals surface area (Å²) in [7, 11) is 5.36. The number of rotatable bonds is 8. The van der Waals surface area contributed by atoms with E-state index in [1.54, 1.807) is 24.1 Å². The van der Waals surface area contributed by atoms with Crippen LogP contribution in [0.4, 0.5) is 10.1 Å². The number of nitrogens with zero attached hydrogens (tertiary/aromatic N) is 2. The molecule has 0 radical (unpaired) electrons. The van der Waals surface area contributed by atoms with Gasteiger partial charge in [-0.2, -0.15) is 0 Å². The minimum Gasteiger partial charge on any atom is -0.382 e. The zero-order valence-electron chi connectivity index (χ0n) is 14.4. The largest absolute Gasteiger partial charge is 0.382 e. The van der Waals surface area contributed by atoms with Gasteiger partial charge in [-0.3, -0.25) is 4.99 Å². The van der Waals surface area contributed by atoms with Crippen LogP contribution in [0, 0.1) is 5.82 Å². The average molecular weight is 438 g/mol. The monoisotopic (exact) mass is 438 g/mol. The molecule has 0 aromatic heterocycles. The normalized spacial score (nSPS) is 10.9. The third-order valence-corrected chi connectivity index (χ3v) is 3.14. The Hall–Kier alpha value is -1.09. The van der Waals surface area contributed by atoms with Gasteiger partial charge in [0.2, 0.25) is 0 Å². The highest BCUT2D eigenvalue weighted by Crippen LogP contribution is 2.18. The third-order valence-electron chi connectivity index (χ3n) is 3.14. The van der Waals surface area contributed by atoms with Crippen molar-refractivity contribution >= 4 is 35.6 Å². The Labute approximate surface area is 155 Å². The molecule has 0 amide bonds. The molecule has 0 atom stereocenters. The molecule has 132 valence electrons. The Balaban J connectivity index is 0.00000484. The topological polar surface area (TPSA) is 48.9 Å². The molecule has 0 bridgehead atoms. The van der Waals surface area contributed by atoms with E-state index in [0.717, 1.165) is 31.7 Å². The molecular weight excluding hydrogens is 410 g/mol. The first-order valence-electron chi connectivity index (χ1n) is 7.56. The van der Waals surface area contributed by atoms with Gasteiger partial charge in [-0.05, 0) is 31.0 Å². The molecule has 0 heterocycles. The Kier molecular flexibility index (Phi) is 11.8. The molecule has 0 fully saturated rings. The van der Waals surface area contributed by atoms with Crippen LogP contribution in [0.2, 0.25) is 0 Å². The van der Waals surface area contributed by atoms with E-state index in [1.807, 2.05) is 27.1 Å². The molecular formula is C16H28FIN4O. The lowest BCUT2D eigenvalue weighted by atomic mass is 10.2. The molecule has 2 N–H and O–H groups in total. The second kappa shape index (κ2) is 12.3. The van der Waals surface area contributed by atoms with Crippen molar-refractivity contribution in [2.75, 3.05) is 45.8 Å². The fourth-order valence-electron chi connectivity index (χ4n) is 1.95. The van der Waals surface area contributed by atoms with Gasteiger partial charge in [0, 0.05) is 47.4 Å². The maximum absolute atomic E-state index is 13.9. The summed E-state index contributed by atoms with van der Waals surface area (Å²) >= 11 is 0. The number of aliphatic imine (C=N–C) groups is 1. The predicted octanol–water partition coefficient (Wildman–Crippen LogP) is 2.60. The number of halogens is 2. The minimum absolute atomic E-state index is 0. The van der Waals surface area contributed by atoms with Crippen LogP contribution >= 0.6 is 24.0 Å². The summed E-state index contributed by atoms with van der Waals surface area (Å²) in [5.74, 6) is 0.484. The maximum atomic E-state index is 13.9. The van der Waals surface area contributed by atoms with E-state index < -0.39 is 0 Å². The third kappa shape index (κ3) is 8.36. The lowest BCUT2D eigenvalue weighted by Crippen LogP contribution is -2.37. The van der Waals surface area contributed by atoms with Crippen molar-refractivity contribution in [2.45, 2.75) is 19.9 Å². The van der Waals surface area contributed by atoms with Gasteiger partial charge in [0.25, 0.3) is 0 Å². The van der Waals surface area contributed by atoms with Crippen LogP contribution in [-0.2, 0) is 11.3 Å². The summed E-state index contributed by atoms with van der Waals surface area (Å²) in [6, 6.07) is 5.24. The Morgan fingerprint density at radius 3 is 2.61 bits per heavy atom. The molecule has 23 heavy (non-hydrogen) atoms. The van der Waals surface area contributed by atoms with Gasteiger partial charge in [0.1, 0.15) is 5.82 Å². The number of guanidine groups is 1. The van der Waals surface area contributed by atoms with Gasteiger partial charge in [-0.1, -0.05) is 6.07 Å². The first kappa shape index (κ1) is 21.9. The number of nitrogens with one attached hydrogen (secondary N) is 2. The molecule has 0 saturated carbocycles. The summed E-state index contributed by atoms with van der Waals surface area (Å²) in [5.41, 5.74) is 1.46. The van der Waals surface area contributed by atoms with Crippen molar-refractivity contribution in [1.29, 1.82) is 0 Å². The van der Waals surface area contributed by atoms with Crippen molar-refractivity contribution in [2.24, 2.45) is 4.99 Å². The molecule has 5 nitrogen and oxygen atoms in total. The average Bonchev–Trinajstić information content (AvgIpc) is 2.49. The Morgan fingerprint density at radius 2 is 2.04 bits per heavy atom. The highest BCUT2D eigenvalue weighted by Gasteiger charge is 2.05. The maximum Gasteiger partial charge on any atom is 0.191 e. The van der Waals surface area contributed by atoms with Crippen molar-refractivity contribution in [3.8, 4) is 0 Å². The zero-order valence-corrected chi connectivity index (χ0v) is 16.7. The second-order valence-corrected chi connectivity index (χ2v) is 5.08. The summed E-state index contributed by atoms with van der Waals surface area (Å²) in [5, 5.41) is 6.37. The van der Waals surface area contributed by atoms with Crippen LogP contribution in [0.15, 0.2) is 23.2 Å². The van der Waals surface area contributed by atoms with E-state index in [0.29, 0.717) is 18.2 Å². The van der Waals surface area contributed by atoms with Crippen LogP contribution in [-0.4, -0.2) is 46.9 Å². The fraction of sp³-hybridized carbons (Fsp3) is 0.562. The quantitative estimate of drug-likeness (QED) is 0.284. The lowest BCUT2D eigenvalue weighted by molar-refractivity contribution is 0.145. The number of ether oxygens (including phenoxy) is 1. The van der Waals surface area contributed by atoms with Crippen molar-refractivity contribution in [3.63, 3.8) is 0 Å². The fourth-order valence-corrected chi connectivity index (χ4v) is 1.95. The first-order valence-corrected chi connectivity index (χ1v) is 7.56. The smallest absolute Gasteiger partial charge is 0.191 e. The molecule has 0 saturated heterocycles. The summed E-state index contributed by atoms with van der Waals surface area (Å²) in [6.07, 6.45) is 0.917. The van der Waals surface area contributed by atoms with Gasteiger partial charge >= 0.3 is 0 Å². The Morgan fingerprint density at radius 1 is 1.30 bits per heavy atom. The second-order valence-electron chi connectivity index (χ2n) is 5.08. The van der Waals surface area contributed by atoms with E-state index in [1.165, 1.54) is 0 Å². The summed E-state index contributed by atoms with van der Waals surface area (Å²) < 4.78 is 19.2. The Bertz CT molecular complexity index is 483. The molecule has 0 aliphatic carbocycles. The van der Waals surface area contributed by atoms with Crippen LogP contribution < -0.4 is 15.5 Å². The highest BCUT2D eigenvalue weighted by molar-refractivity contribution is 14.0. The van der Waals surface area contributed by atoms with Gasteiger partial charge in [-0.25, -0.2) is 4.39 Å². The van der Waals surface area contributed by atoms with Crippen molar-refractivity contribution in [3.05, 3.63) is 29.6 Å². The molecule has 7 heteroatoms. The van der Waals surface area contributed by atoms with E-state index in [2.05, 4.69) is 15.6 Å². The first-order chi connectivity index (χ1) is 10.6. The van der Waals surface area contributed by atoms with Crippen LogP contribution in [0.5, 0.6) is 0 Å². The van der Waals surface area contributed by atoms with Crippen molar-refractivity contribution in [1.82, 2.24) is 10.6 Å². The number of hydrogen-bond donors (Lipinski definition) is 2. The lowest BCUT2D eigenvalue weighted by Gasteiger charge is -2.15. The minimum atomic E-state index is -0.219. The summed E-state index contributed by atoms with van der Waals surface area (Å²) in [4.78, 5) is 5.90. The summed E-state index contributed by atoms with van der Waals surface area (Å²) in [6.45, 7) is 4.76. The zero-order chi connectivity index (χ0) is 16.4. The van der Waals surface area contributed by atoms with Crippen molar-refractivity contribution < 1.29 is 9.13 Å². The highest BCUT2D eigenvalue weighted by atomic mass is 127. The molecule has 0 aliphatic heterocycles. The number of hydrogen-bond acceptors (Lipinski definition) is 3. The van der Waals surface area contributed by atoms with E-state index in [-0.39, 0.29) is 29.8 Å². The van der Waals surface area contributed by atoms with E-state index >= 15 is 0 Å². The molecule has 1 aromatic rings. The number of benzene rings is 1. The standard InChI is InChI=1S/C16H27FN4O.HI/c1-5-22-10-6-9-19-16(18-2)20-12-13-7-8-15(21(3)4)14(17)11-13;/h7-8,11H,5-6,9-10,12H2,1-4H3,(H2,18,19,20);1H. The van der Waals surface area contributed by atoms with E-state index in [9.17, 15) is 4.39 Å². The van der Waals surface area contributed by atoms with Gasteiger partial charge in [0.15, 0.2) is 5.96 Å². The molecule has 1 rings (SSSR count). The molecule has 0 spiro atoms. The molecule has 0 aliphatic rings. The molecule has 1 aromatic carbocycles. The number of anilines is 1. The van der Waals surface area contributed by atoms with E-state index in [4.69, 9.17) is 4.74 Å². The van der Waals surface area contributed by atoms with Crippen LogP contribution in [0.1, 0.15) is 18.9 Å². The van der Waals surface area contributed by atoms with Crippen LogP contribution in [0.25, 0.3) is 0 Å². The predicted molar refractivity (Wildman–Crippen MR) is 105 cm³/mol. The van der Waals surface area contributed by atoms with Crippen LogP contribution in [0.3, 0.4) is 0 Å². The SMILES string of the molecule is CCOCCCNC(=NC)NCc1ccc(N(C)C)c(F)c1.I. The van der Waals surface area contributed by atoms with Gasteiger partial charge in [-0.15, -0.1) is 24.0 Å². The molecule has 0 unspecified atom stereocenters. The van der Waals surface area contributed by atoms with Gasteiger partial charge < -0.3 is 20.3 Å².